The van der Waals surface area contributed by atoms with Crippen molar-refractivity contribution in [1.82, 2.24) is 25.5 Å². The van der Waals surface area contributed by atoms with E-state index in [4.69, 9.17) is 0 Å². The van der Waals surface area contributed by atoms with Crippen molar-refractivity contribution in [3.63, 3.8) is 0 Å². The summed E-state index contributed by atoms with van der Waals surface area (Å²) in [5.74, 6) is 1.68. The van der Waals surface area contributed by atoms with Crippen LogP contribution in [0.15, 0.2) is 12.3 Å². The fourth-order valence-electron chi connectivity index (χ4n) is 3.48. The third-order valence-corrected chi connectivity index (χ3v) is 5.01. The van der Waals surface area contributed by atoms with Crippen LogP contribution in [0.1, 0.15) is 25.0 Å². The molecule has 1 saturated carbocycles. The third kappa shape index (κ3) is 3.30. The third-order valence-electron chi connectivity index (χ3n) is 5.01. The molecule has 0 spiro atoms. The molecule has 3 fully saturated rings. The van der Waals surface area contributed by atoms with Gasteiger partial charge in [0.1, 0.15) is 6.29 Å². The lowest BCUT2D eigenvalue weighted by atomic mass is 10.1. The Balaban J connectivity index is 1.36. The van der Waals surface area contributed by atoms with Gasteiger partial charge in [-0.15, -0.1) is 0 Å². The van der Waals surface area contributed by atoms with E-state index < -0.39 is 0 Å². The molecule has 1 aromatic rings. The first-order chi connectivity index (χ1) is 11.2. The first kappa shape index (κ1) is 14.8. The number of anilines is 1. The molecule has 7 nitrogen and oxygen atoms in total. The van der Waals surface area contributed by atoms with Crippen LogP contribution in [0.4, 0.5) is 5.95 Å². The molecule has 4 rings (SSSR count). The van der Waals surface area contributed by atoms with Crippen molar-refractivity contribution >= 4 is 11.9 Å². The highest BCUT2D eigenvalue weighted by molar-refractivity contribution is 5.77. The lowest BCUT2D eigenvalue weighted by molar-refractivity contribution is -0.127. The molecule has 0 radical (unpaired) electrons. The van der Waals surface area contributed by atoms with E-state index in [0.717, 1.165) is 37.8 Å². The van der Waals surface area contributed by atoms with Gasteiger partial charge in [0.05, 0.1) is 0 Å². The van der Waals surface area contributed by atoms with Crippen molar-refractivity contribution in [1.29, 1.82) is 0 Å². The van der Waals surface area contributed by atoms with Gasteiger partial charge >= 0.3 is 0 Å². The molecular weight excluding hydrogens is 292 g/mol. The van der Waals surface area contributed by atoms with Gasteiger partial charge in [0.2, 0.25) is 11.9 Å². The largest absolute Gasteiger partial charge is 0.338 e. The zero-order chi connectivity index (χ0) is 15.8. The van der Waals surface area contributed by atoms with Gasteiger partial charge in [-0.25, -0.2) is 9.97 Å². The summed E-state index contributed by atoms with van der Waals surface area (Å²) < 4.78 is 0. The van der Waals surface area contributed by atoms with Gasteiger partial charge in [0.15, 0.2) is 0 Å². The number of nitrogens with one attached hydrogen (secondary N) is 2. The Bertz CT molecular complexity index is 582. The number of hydrogen-bond acceptors (Lipinski definition) is 6. The standard InChI is InChI=1S/C16H24N6O/c1-11-4-5-17-15(18-11)21-6-8-22(9-7-21)16-19-13(12-2-3-12)10-14(23)20-16/h4-5,12-13,16,19H,2-3,6-10H2,1H3,(H,20,23). The zero-order valence-corrected chi connectivity index (χ0v) is 13.5. The Labute approximate surface area is 136 Å². The second-order valence-corrected chi connectivity index (χ2v) is 6.81. The van der Waals surface area contributed by atoms with E-state index in [-0.39, 0.29) is 12.2 Å². The number of aryl methyl sites for hydroxylation is 1. The van der Waals surface area contributed by atoms with Crippen LogP contribution in [0.2, 0.25) is 0 Å². The molecule has 1 aliphatic carbocycles. The van der Waals surface area contributed by atoms with Gasteiger partial charge in [0, 0.05) is 50.5 Å². The zero-order valence-electron chi connectivity index (χ0n) is 13.5. The first-order valence-corrected chi connectivity index (χ1v) is 8.53. The quantitative estimate of drug-likeness (QED) is 0.823. The predicted molar refractivity (Wildman–Crippen MR) is 86.8 cm³/mol. The van der Waals surface area contributed by atoms with Crippen LogP contribution >= 0.6 is 0 Å². The summed E-state index contributed by atoms with van der Waals surface area (Å²) in [6, 6.07) is 2.27. The summed E-state index contributed by atoms with van der Waals surface area (Å²) in [7, 11) is 0. The molecule has 2 aliphatic heterocycles. The molecule has 7 heteroatoms. The fourth-order valence-corrected chi connectivity index (χ4v) is 3.48. The van der Waals surface area contributed by atoms with Crippen LogP contribution in [0, 0.1) is 12.8 Å². The van der Waals surface area contributed by atoms with Crippen LogP contribution in [-0.2, 0) is 4.79 Å². The van der Waals surface area contributed by atoms with Gasteiger partial charge in [-0.2, -0.15) is 0 Å². The topological polar surface area (TPSA) is 73.4 Å². The maximum Gasteiger partial charge on any atom is 0.225 e. The van der Waals surface area contributed by atoms with Gasteiger partial charge in [0.25, 0.3) is 0 Å². The fraction of sp³-hybridized carbons (Fsp3) is 0.688. The molecule has 1 aromatic heterocycles. The van der Waals surface area contributed by atoms with Crippen LogP contribution in [0.25, 0.3) is 0 Å². The smallest absolute Gasteiger partial charge is 0.225 e. The van der Waals surface area contributed by atoms with Gasteiger partial charge in [-0.1, -0.05) is 0 Å². The number of piperazine rings is 1. The average molecular weight is 316 g/mol. The molecule has 1 amide bonds. The van der Waals surface area contributed by atoms with Crippen LogP contribution in [0.3, 0.4) is 0 Å². The number of hydrogen-bond donors (Lipinski definition) is 2. The number of carbonyl (C=O) groups excluding carboxylic acids is 1. The number of amides is 1. The van der Waals surface area contributed by atoms with E-state index in [1.807, 2.05) is 19.2 Å². The second-order valence-electron chi connectivity index (χ2n) is 6.81. The maximum absolute atomic E-state index is 12.0. The minimum absolute atomic E-state index is 0.0255. The van der Waals surface area contributed by atoms with Crippen molar-refractivity contribution in [3.05, 3.63) is 18.0 Å². The van der Waals surface area contributed by atoms with E-state index in [1.165, 1.54) is 12.8 Å². The number of carbonyl (C=O) groups is 1. The van der Waals surface area contributed by atoms with Crippen LogP contribution < -0.4 is 15.5 Å². The highest BCUT2D eigenvalue weighted by atomic mass is 16.2. The highest BCUT2D eigenvalue weighted by Crippen LogP contribution is 2.35. The lowest BCUT2D eigenvalue weighted by Gasteiger charge is -2.43. The molecule has 3 heterocycles. The summed E-state index contributed by atoms with van der Waals surface area (Å²) in [5, 5.41) is 6.71. The molecule has 124 valence electrons. The SMILES string of the molecule is Cc1ccnc(N2CCN(C3NC(=O)CC(C4CC4)N3)CC2)n1. The molecule has 3 aliphatic rings. The number of aromatic nitrogens is 2. The Morgan fingerprint density at radius 1 is 1.22 bits per heavy atom. The van der Waals surface area contributed by atoms with Crippen molar-refractivity contribution in [3.8, 4) is 0 Å². The molecule has 0 aromatic carbocycles. The summed E-state index contributed by atoms with van der Waals surface area (Å²) in [6.45, 7) is 5.54. The van der Waals surface area contributed by atoms with E-state index >= 15 is 0 Å². The normalized spacial score (nSPS) is 29.4. The number of nitrogens with zero attached hydrogens (tertiary/aromatic N) is 4. The lowest BCUT2D eigenvalue weighted by Crippen LogP contribution is -2.67. The summed E-state index contributed by atoms with van der Waals surface area (Å²) in [6.07, 6.45) is 4.93. The Kier molecular flexibility index (Phi) is 3.90. The Hall–Kier alpha value is -1.73. The van der Waals surface area contributed by atoms with Crippen molar-refractivity contribution < 1.29 is 4.79 Å². The van der Waals surface area contributed by atoms with Gasteiger partial charge < -0.3 is 10.2 Å². The Morgan fingerprint density at radius 2 is 2.00 bits per heavy atom. The molecule has 2 atom stereocenters. The first-order valence-electron chi connectivity index (χ1n) is 8.53. The average Bonchev–Trinajstić information content (AvgIpc) is 3.39. The second kappa shape index (κ2) is 6.05. The summed E-state index contributed by atoms with van der Waals surface area (Å²) in [4.78, 5) is 25.4. The monoisotopic (exact) mass is 316 g/mol. The molecule has 2 unspecified atom stereocenters. The van der Waals surface area contributed by atoms with Crippen molar-refractivity contribution in [2.24, 2.45) is 5.92 Å². The predicted octanol–water partition coefficient (Wildman–Crippen LogP) is 0.0787. The summed E-state index contributed by atoms with van der Waals surface area (Å²) >= 11 is 0. The Morgan fingerprint density at radius 3 is 2.70 bits per heavy atom. The summed E-state index contributed by atoms with van der Waals surface area (Å²) in [5.41, 5.74) is 0.992. The minimum atomic E-state index is -0.0255. The number of rotatable bonds is 3. The molecular formula is C16H24N6O. The van der Waals surface area contributed by atoms with Crippen molar-refractivity contribution in [2.45, 2.75) is 38.5 Å². The van der Waals surface area contributed by atoms with Gasteiger partial charge in [-0.05, 0) is 31.7 Å². The molecule has 0 bridgehead atoms. The van der Waals surface area contributed by atoms with E-state index in [9.17, 15) is 4.79 Å². The minimum Gasteiger partial charge on any atom is -0.338 e. The maximum atomic E-state index is 12.0. The molecule has 2 saturated heterocycles. The van der Waals surface area contributed by atoms with E-state index in [2.05, 4.69) is 30.4 Å². The van der Waals surface area contributed by atoms with Gasteiger partial charge in [-0.3, -0.25) is 15.0 Å². The van der Waals surface area contributed by atoms with Crippen molar-refractivity contribution in [2.75, 3.05) is 31.1 Å². The van der Waals surface area contributed by atoms with E-state index in [1.54, 1.807) is 0 Å². The van der Waals surface area contributed by atoms with Crippen LogP contribution in [-0.4, -0.2) is 59.3 Å². The van der Waals surface area contributed by atoms with E-state index in [0.29, 0.717) is 18.4 Å². The molecule has 2 N–H and O–H groups in total. The highest BCUT2D eigenvalue weighted by Gasteiger charge is 2.39. The van der Waals surface area contributed by atoms with Crippen LogP contribution in [0.5, 0.6) is 0 Å². The molecule has 23 heavy (non-hydrogen) atoms.